The first kappa shape index (κ1) is 58.8. The van der Waals surface area contributed by atoms with E-state index in [0.717, 1.165) is 5.30 Å². The third-order valence-corrected chi connectivity index (χ3v) is 37.8. The second kappa shape index (κ2) is 31.7. The molecule has 1 atom stereocenters. The zero-order chi connectivity index (χ0) is 49.3. The van der Waals surface area contributed by atoms with E-state index in [1.807, 2.05) is 6.07 Å². The van der Waals surface area contributed by atoms with E-state index in [1.54, 1.807) is 21.6 Å². The molecule has 0 fully saturated rings. The van der Waals surface area contributed by atoms with E-state index >= 15 is 4.39 Å². The molecule has 4 aromatic rings. The standard InChI is InChI=1S/C61H100FNP2Si3/c1-11-20-45-66(46-21-12-2,47-22-13-3)57-39-33-54(34-40-57)64(55-35-41-58(42-36-55)67(48-23-14-4,49-24-15-5)50-25-16-6)63(10)65(61-32-30-29-31-60(61)62)56-37-43-59(44-38-56)68(51-26-17-7,52-27-18-8)53-28-19-9/h29-44H,11-28,45-53H2,1-10H3. The highest BCUT2D eigenvalue weighted by Crippen LogP contribution is 2.53. The lowest BCUT2D eigenvalue weighted by Crippen LogP contribution is -2.48. The normalized spacial score (nSPS) is 13.0. The molecular weight excluding hydrogens is 912 g/mol. The van der Waals surface area contributed by atoms with Crippen LogP contribution in [0, 0.1) is 5.82 Å². The van der Waals surface area contributed by atoms with Crippen LogP contribution in [0.5, 0.6) is 0 Å². The smallest absolute Gasteiger partial charge is 0.132 e. The molecule has 0 aliphatic carbocycles. The zero-order valence-electron chi connectivity index (χ0n) is 45.5. The van der Waals surface area contributed by atoms with Crippen LogP contribution in [0.3, 0.4) is 0 Å². The summed E-state index contributed by atoms with van der Waals surface area (Å²) in [7, 11) is -4.90. The van der Waals surface area contributed by atoms with Crippen LogP contribution in [-0.2, 0) is 0 Å². The largest absolute Gasteiger partial charge is 0.248 e. The number of halogens is 1. The Morgan fingerprint density at radius 1 is 0.338 bits per heavy atom. The van der Waals surface area contributed by atoms with E-state index in [0.29, 0.717) is 0 Å². The zero-order valence-corrected chi connectivity index (χ0v) is 50.3. The van der Waals surface area contributed by atoms with Gasteiger partial charge in [-0.05, 0) is 35.1 Å². The maximum atomic E-state index is 16.6. The average Bonchev–Trinajstić information content (AvgIpc) is 3.37. The summed E-state index contributed by atoms with van der Waals surface area (Å²) in [6.45, 7) is 21.4. The molecule has 0 radical (unpaired) electrons. The van der Waals surface area contributed by atoms with Gasteiger partial charge in [0.2, 0.25) is 0 Å². The third-order valence-electron chi connectivity index (χ3n) is 15.9. The number of unbranched alkanes of at least 4 members (excludes halogenated alkanes) is 9. The van der Waals surface area contributed by atoms with E-state index in [4.69, 9.17) is 0 Å². The molecule has 0 aliphatic heterocycles. The fraction of sp³-hybridized carbons (Fsp3) is 0.607. The van der Waals surface area contributed by atoms with Crippen molar-refractivity contribution in [2.45, 2.75) is 232 Å². The van der Waals surface area contributed by atoms with Gasteiger partial charge in [-0.3, -0.25) is 0 Å². The van der Waals surface area contributed by atoms with Crippen LogP contribution in [0.4, 0.5) is 4.39 Å². The SMILES string of the molecule is CCCC[Si](CCCC)(CCCC)c1ccc(P(c2ccc([Si](CCCC)(CCCC)CCCC)cc2)N(C)P(c2ccc([Si](CCCC)(CCCC)CCCC)cc2)c2ccccc2F)cc1. The third kappa shape index (κ3) is 16.1. The molecule has 7 heteroatoms. The van der Waals surface area contributed by atoms with Crippen LogP contribution >= 0.6 is 16.1 Å². The topological polar surface area (TPSA) is 3.24 Å². The van der Waals surface area contributed by atoms with Crippen LogP contribution in [0.1, 0.15) is 178 Å². The van der Waals surface area contributed by atoms with E-state index < -0.39 is 40.4 Å². The van der Waals surface area contributed by atoms with Crippen LogP contribution < -0.4 is 36.8 Å². The van der Waals surface area contributed by atoms with Crippen molar-refractivity contribution in [3.8, 4) is 0 Å². The van der Waals surface area contributed by atoms with E-state index in [-0.39, 0.29) is 5.82 Å². The second-order valence-corrected chi connectivity index (χ2v) is 39.7. The number of nitrogens with zero attached hydrogens (tertiary/aromatic N) is 1. The highest BCUT2D eigenvalue weighted by Gasteiger charge is 2.38. The molecule has 0 saturated carbocycles. The van der Waals surface area contributed by atoms with Gasteiger partial charge in [0.1, 0.15) is 5.82 Å². The summed E-state index contributed by atoms with van der Waals surface area (Å²) in [6, 6.07) is 51.0. The molecule has 0 heterocycles. The molecule has 0 amide bonds. The quantitative estimate of drug-likeness (QED) is 0.0324. The predicted molar refractivity (Wildman–Crippen MR) is 319 cm³/mol. The second-order valence-electron chi connectivity index (χ2n) is 21.0. The molecule has 0 aromatic heterocycles. The first-order valence-electron chi connectivity index (χ1n) is 28.5. The minimum atomic E-state index is -1.70. The molecule has 0 saturated heterocycles. The Balaban J connectivity index is 1.98. The summed E-state index contributed by atoms with van der Waals surface area (Å²) < 4.78 is 19.3. The number of benzene rings is 4. The lowest BCUT2D eigenvalue weighted by molar-refractivity contribution is 0.635. The number of rotatable bonds is 36. The summed E-state index contributed by atoms with van der Waals surface area (Å²) in [5.41, 5.74) is 0. The van der Waals surface area contributed by atoms with Crippen LogP contribution in [0.2, 0.25) is 54.4 Å². The highest BCUT2D eigenvalue weighted by atomic mass is 31.2. The Hall–Kier alpha value is -1.72. The maximum Gasteiger partial charge on any atom is 0.132 e. The molecule has 0 N–H and O–H groups in total. The van der Waals surface area contributed by atoms with Gasteiger partial charge in [0.25, 0.3) is 0 Å². The Morgan fingerprint density at radius 3 is 0.809 bits per heavy atom. The van der Waals surface area contributed by atoms with Crippen molar-refractivity contribution in [3.05, 3.63) is 103 Å². The highest BCUT2D eigenvalue weighted by molar-refractivity contribution is 7.84. The van der Waals surface area contributed by atoms with Gasteiger partial charge >= 0.3 is 0 Å². The van der Waals surface area contributed by atoms with E-state index in [2.05, 4.69) is 159 Å². The summed E-state index contributed by atoms with van der Waals surface area (Å²) in [6.07, 6.45) is 23.5. The van der Waals surface area contributed by atoms with Crippen LogP contribution in [0.15, 0.2) is 97.1 Å². The Morgan fingerprint density at radius 2 is 0.574 bits per heavy atom. The predicted octanol–water partition coefficient (Wildman–Crippen LogP) is 17.3. The Labute approximate surface area is 425 Å². The van der Waals surface area contributed by atoms with Crippen molar-refractivity contribution in [3.63, 3.8) is 0 Å². The van der Waals surface area contributed by atoms with Crippen molar-refractivity contribution < 1.29 is 4.39 Å². The van der Waals surface area contributed by atoms with Crippen molar-refractivity contribution in [1.29, 1.82) is 0 Å². The van der Waals surface area contributed by atoms with Gasteiger partial charge in [-0.15, -0.1) is 0 Å². The minimum absolute atomic E-state index is 0.0788. The van der Waals surface area contributed by atoms with Gasteiger partial charge in [-0.1, -0.05) is 333 Å². The lowest BCUT2D eigenvalue weighted by atomic mass is 10.3. The van der Waals surface area contributed by atoms with E-state index in [9.17, 15) is 0 Å². The van der Waals surface area contributed by atoms with Crippen molar-refractivity contribution in [1.82, 2.24) is 4.44 Å². The van der Waals surface area contributed by atoms with Gasteiger partial charge in [0.05, 0.1) is 24.2 Å². The van der Waals surface area contributed by atoms with Crippen LogP contribution in [-0.4, -0.2) is 35.7 Å². The molecular formula is C61H100FNP2Si3. The number of hydrogen-bond acceptors (Lipinski definition) is 1. The maximum absolute atomic E-state index is 16.6. The summed E-state index contributed by atoms with van der Waals surface area (Å²) in [5, 5.41) is 9.92. The summed E-state index contributed by atoms with van der Waals surface area (Å²) >= 11 is 0. The van der Waals surface area contributed by atoms with Gasteiger partial charge in [0, 0.05) is 21.4 Å². The van der Waals surface area contributed by atoms with E-state index in [1.165, 1.54) is 186 Å². The number of hydrogen-bond donors (Lipinski definition) is 0. The molecule has 0 aliphatic rings. The first-order valence-corrected chi connectivity index (χ1v) is 39.0. The molecule has 0 bridgehead atoms. The fourth-order valence-electron chi connectivity index (χ4n) is 11.6. The molecule has 1 nitrogen and oxygen atoms in total. The molecule has 68 heavy (non-hydrogen) atoms. The van der Waals surface area contributed by atoms with Crippen molar-refractivity contribution in [2.75, 3.05) is 7.05 Å². The molecule has 4 aromatic carbocycles. The lowest BCUT2D eigenvalue weighted by Gasteiger charge is -2.38. The average molecular weight is 1010 g/mol. The Bertz CT molecular complexity index is 1800. The first-order chi connectivity index (χ1) is 33.1. The van der Waals surface area contributed by atoms with Gasteiger partial charge < -0.3 is 0 Å². The summed E-state index contributed by atoms with van der Waals surface area (Å²) in [4.78, 5) is 0. The van der Waals surface area contributed by atoms with Gasteiger partial charge in [-0.2, -0.15) is 0 Å². The van der Waals surface area contributed by atoms with Crippen molar-refractivity contribution in [2.24, 2.45) is 0 Å². The molecule has 4 rings (SSSR count). The van der Waals surface area contributed by atoms with Gasteiger partial charge in [-0.25, -0.2) is 8.83 Å². The van der Waals surface area contributed by atoms with Crippen molar-refractivity contribution >= 4 is 77.1 Å². The van der Waals surface area contributed by atoms with Crippen LogP contribution in [0.25, 0.3) is 0 Å². The fourth-order valence-corrected chi connectivity index (χ4v) is 34.0. The minimum Gasteiger partial charge on any atom is -0.248 e. The molecule has 378 valence electrons. The molecule has 0 spiro atoms. The monoisotopic (exact) mass is 1010 g/mol. The Kier molecular flexibility index (Phi) is 27.4. The summed E-state index contributed by atoms with van der Waals surface area (Å²) in [5.74, 6) is -0.0788. The molecule has 1 unspecified atom stereocenters. The van der Waals surface area contributed by atoms with Gasteiger partial charge in [0.15, 0.2) is 0 Å².